The third kappa shape index (κ3) is 7.29. The van der Waals surface area contributed by atoms with Crippen LogP contribution in [0.25, 0.3) is 11.3 Å². The first-order valence-corrected chi connectivity index (χ1v) is 12.0. The first kappa shape index (κ1) is 31.3. The number of pyridine rings is 4. The van der Waals surface area contributed by atoms with Gasteiger partial charge in [0.1, 0.15) is 22.8 Å². The van der Waals surface area contributed by atoms with Gasteiger partial charge in [0.2, 0.25) is 11.8 Å². The van der Waals surface area contributed by atoms with Crippen molar-refractivity contribution in [3.8, 4) is 23.3 Å². The van der Waals surface area contributed by atoms with Crippen molar-refractivity contribution < 1.29 is 53.2 Å². The summed E-state index contributed by atoms with van der Waals surface area (Å²) in [5, 5.41) is 8.97. The molecule has 0 atom stereocenters. The predicted octanol–water partition coefficient (Wildman–Crippen LogP) is 1.75. The van der Waals surface area contributed by atoms with Gasteiger partial charge in [0.15, 0.2) is 11.4 Å². The van der Waals surface area contributed by atoms with Crippen LogP contribution in [0.15, 0.2) is 97.8 Å². The SMILES string of the molecule is CCOC(=O)c1cnc2cc(Oc3ccccn3)ccn12.O=C(O)c1cnc2cc(Oc3ccccn3)ccn12.[Li+].[OH-]. The Morgan fingerprint density at radius 3 is 1.71 bits per heavy atom. The number of hydrogen-bond acceptors (Lipinski definition) is 10. The Labute approximate surface area is 250 Å². The molecule has 0 unspecified atom stereocenters. The minimum atomic E-state index is -1.02. The van der Waals surface area contributed by atoms with Crippen molar-refractivity contribution in [1.82, 2.24) is 28.7 Å². The number of fused-ring (bicyclic) bond motifs is 2. The van der Waals surface area contributed by atoms with Crippen LogP contribution in [-0.4, -0.2) is 57.9 Å². The molecule has 0 radical (unpaired) electrons. The Morgan fingerprint density at radius 2 is 1.26 bits per heavy atom. The zero-order valence-electron chi connectivity index (χ0n) is 22.6. The molecule has 13 nitrogen and oxygen atoms in total. The maximum atomic E-state index is 11.8. The number of ether oxygens (including phenoxy) is 3. The van der Waals surface area contributed by atoms with Crippen molar-refractivity contribution in [2.24, 2.45) is 0 Å². The Balaban J connectivity index is 0.000000221. The average Bonchev–Trinajstić information content (AvgIpc) is 3.59. The summed E-state index contributed by atoms with van der Waals surface area (Å²) in [6.07, 6.45) is 9.39. The fraction of sp³-hybridized carbons (Fsp3) is 0.0714. The van der Waals surface area contributed by atoms with Crippen LogP contribution < -0.4 is 28.3 Å². The van der Waals surface area contributed by atoms with Crippen molar-refractivity contribution in [2.75, 3.05) is 6.61 Å². The quantitative estimate of drug-likeness (QED) is 0.222. The van der Waals surface area contributed by atoms with Gasteiger partial charge in [-0.3, -0.25) is 8.80 Å². The standard InChI is InChI=1S/C15H13N3O3.C13H9N3O3.Li.H2O/c1-2-20-15(19)12-10-17-13-9-11(6-8-18(12)13)21-14-5-3-4-7-16-14;17-13(18)10-8-15-11-7-9(4-6-16(10)11)19-12-3-1-2-5-14-12;;/h3-10H,2H2,1H3;1-8H,(H,17,18);;1H2/q;;+1;/p-1. The summed E-state index contributed by atoms with van der Waals surface area (Å²) in [5.41, 5.74) is 1.60. The topological polar surface area (TPSA) is 172 Å². The molecular weight excluding hydrogens is 539 g/mol. The van der Waals surface area contributed by atoms with Gasteiger partial charge < -0.3 is 24.8 Å². The number of carboxylic acid groups (broad SMARTS) is 1. The van der Waals surface area contributed by atoms with Gasteiger partial charge in [0, 0.05) is 49.1 Å². The van der Waals surface area contributed by atoms with Gasteiger partial charge in [0.25, 0.3) is 0 Å². The zero-order chi connectivity index (χ0) is 27.9. The van der Waals surface area contributed by atoms with E-state index >= 15 is 0 Å². The molecule has 6 aromatic heterocycles. The molecule has 0 aliphatic heterocycles. The van der Waals surface area contributed by atoms with Crippen LogP contribution in [0.3, 0.4) is 0 Å². The summed E-state index contributed by atoms with van der Waals surface area (Å²) >= 11 is 0. The zero-order valence-corrected chi connectivity index (χ0v) is 22.6. The smallest absolute Gasteiger partial charge is 0.870 e. The molecule has 0 aromatic carbocycles. The fourth-order valence-corrected chi connectivity index (χ4v) is 3.62. The summed E-state index contributed by atoms with van der Waals surface area (Å²) in [6, 6.07) is 17.6. The summed E-state index contributed by atoms with van der Waals surface area (Å²) in [4.78, 5) is 39.1. The number of nitrogens with zero attached hydrogens (tertiary/aromatic N) is 6. The van der Waals surface area contributed by atoms with Crippen molar-refractivity contribution in [1.29, 1.82) is 0 Å². The van der Waals surface area contributed by atoms with E-state index < -0.39 is 11.9 Å². The first-order chi connectivity index (χ1) is 19.5. The summed E-state index contributed by atoms with van der Waals surface area (Å²) in [7, 11) is 0. The minimum Gasteiger partial charge on any atom is -0.870 e. The van der Waals surface area contributed by atoms with Crippen molar-refractivity contribution in [3.05, 3.63) is 109 Å². The van der Waals surface area contributed by atoms with Crippen LogP contribution >= 0.6 is 0 Å². The second-order valence-electron chi connectivity index (χ2n) is 8.03. The van der Waals surface area contributed by atoms with Gasteiger partial charge in [0.05, 0.1) is 19.0 Å². The Bertz CT molecular complexity index is 1780. The molecule has 0 bridgehead atoms. The Hall–Kier alpha value is -5.22. The fourth-order valence-electron chi connectivity index (χ4n) is 3.62. The van der Waals surface area contributed by atoms with E-state index in [1.54, 1.807) is 78.6 Å². The molecule has 6 heterocycles. The van der Waals surface area contributed by atoms with E-state index in [1.807, 2.05) is 18.2 Å². The van der Waals surface area contributed by atoms with Gasteiger partial charge in [-0.1, -0.05) is 12.1 Å². The third-order valence-electron chi connectivity index (χ3n) is 5.39. The second kappa shape index (κ2) is 14.4. The van der Waals surface area contributed by atoms with Crippen molar-refractivity contribution in [3.63, 3.8) is 0 Å². The molecule has 6 aromatic rings. The molecule has 0 fully saturated rings. The van der Waals surface area contributed by atoms with Crippen LogP contribution in [0.1, 0.15) is 27.9 Å². The number of carboxylic acids is 1. The molecular formula is C28H23LiN6O7. The van der Waals surface area contributed by atoms with Crippen LogP contribution in [0.4, 0.5) is 0 Å². The van der Waals surface area contributed by atoms with Gasteiger partial charge in [-0.2, -0.15) is 0 Å². The average molecular weight is 562 g/mol. The van der Waals surface area contributed by atoms with Crippen molar-refractivity contribution in [2.45, 2.75) is 6.92 Å². The number of esters is 1. The van der Waals surface area contributed by atoms with E-state index in [1.165, 1.54) is 16.8 Å². The number of aromatic carboxylic acids is 1. The molecule has 0 saturated heterocycles. The Kier molecular flexibility index (Phi) is 10.7. The normalized spacial score (nSPS) is 10.0. The van der Waals surface area contributed by atoms with E-state index in [-0.39, 0.29) is 30.0 Å². The van der Waals surface area contributed by atoms with E-state index in [9.17, 15) is 9.59 Å². The maximum Gasteiger partial charge on any atom is 1.00 e. The van der Waals surface area contributed by atoms with Crippen LogP contribution in [0.2, 0.25) is 0 Å². The van der Waals surface area contributed by atoms with E-state index in [2.05, 4.69) is 19.9 Å². The second-order valence-corrected chi connectivity index (χ2v) is 8.03. The van der Waals surface area contributed by atoms with Crippen LogP contribution in [0, 0.1) is 0 Å². The molecule has 42 heavy (non-hydrogen) atoms. The number of hydrogen-bond donors (Lipinski definition) is 1. The number of rotatable bonds is 7. The molecule has 0 amide bonds. The van der Waals surface area contributed by atoms with Crippen LogP contribution in [0.5, 0.6) is 23.3 Å². The largest absolute Gasteiger partial charge is 1.00 e. The minimum absolute atomic E-state index is 0. The first-order valence-electron chi connectivity index (χ1n) is 12.0. The third-order valence-corrected chi connectivity index (χ3v) is 5.39. The van der Waals surface area contributed by atoms with Crippen LogP contribution in [-0.2, 0) is 4.74 Å². The van der Waals surface area contributed by atoms with Gasteiger partial charge in [-0.25, -0.2) is 29.5 Å². The summed E-state index contributed by atoms with van der Waals surface area (Å²) in [6.45, 7) is 2.09. The molecule has 2 N–H and O–H groups in total. The Morgan fingerprint density at radius 1 is 0.762 bits per heavy atom. The molecule has 6 rings (SSSR count). The molecule has 0 aliphatic rings. The molecule has 208 valence electrons. The predicted molar refractivity (Wildman–Crippen MR) is 144 cm³/mol. The molecule has 0 aliphatic carbocycles. The number of imidazole rings is 2. The van der Waals surface area contributed by atoms with Gasteiger partial charge in [-0.15, -0.1) is 0 Å². The van der Waals surface area contributed by atoms with E-state index in [4.69, 9.17) is 19.3 Å². The van der Waals surface area contributed by atoms with E-state index in [0.29, 0.717) is 46.9 Å². The van der Waals surface area contributed by atoms with Crippen molar-refractivity contribution >= 4 is 23.2 Å². The number of aromatic nitrogens is 6. The number of carbonyl (C=O) groups is 2. The molecule has 0 saturated carbocycles. The monoisotopic (exact) mass is 562 g/mol. The summed E-state index contributed by atoms with van der Waals surface area (Å²) in [5.74, 6) is 0.695. The van der Waals surface area contributed by atoms with Gasteiger partial charge >= 0.3 is 30.8 Å². The molecule has 0 spiro atoms. The maximum absolute atomic E-state index is 11.8. The molecule has 14 heteroatoms. The summed E-state index contributed by atoms with van der Waals surface area (Å²) < 4.78 is 19.3. The van der Waals surface area contributed by atoms with Gasteiger partial charge in [-0.05, 0) is 31.2 Å². The van der Waals surface area contributed by atoms with E-state index in [0.717, 1.165) is 0 Å². The number of carbonyl (C=O) groups excluding carboxylic acids is 1.